The van der Waals surface area contributed by atoms with Crippen LogP contribution in [0.2, 0.25) is 0 Å². The molecule has 0 atom stereocenters. The van der Waals surface area contributed by atoms with Gasteiger partial charge in [-0.3, -0.25) is 4.98 Å². The van der Waals surface area contributed by atoms with Crippen molar-refractivity contribution < 1.29 is 4.74 Å². The molecule has 1 fully saturated rings. The van der Waals surface area contributed by atoms with Crippen molar-refractivity contribution >= 4 is 5.57 Å². The largest absolute Gasteiger partial charge is 0.377 e. The topological polar surface area (TPSA) is 22.1 Å². The summed E-state index contributed by atoms with van der Waals surface area (Å²) in [5.74, 6) is 0.736. The average Bonchev–Trinajstić information content (AvgIpc) is 3.15. The number of rotatable bonds is 2. The maximum atomic E-state index is 5.35. The monoisotopic (exact) mass is 215 g/mol. The molecule has 0 amide bonds. The van der Waals surface area contributed by atoms with Gasteiger partial charge in [0.1, 0.15) is 0 Å². The molecule has 2 heterocycles. The van der Waals surface area contributed by atoms with Crippen molar-refractivity contribution in [2.45, 2.75) is 32.1 Å². The lowest BCUT2D eigenvalue weighted by Crippen LogP contribution is -2.06. The molecule has 0 unspecified atom stereocenters. The van der Waals surface area contributed by atoms with Crippen LogP contribution in [-0.4, -0.2) is 18.2 Å². The molecular formula is C14H17NO. The van der Waals surface area contributed by atoms with Gasteiger partial charge in [0.05, 0.1) is 18.9 Å². The molecule has 84 valence electrons. The third-order valence-corrected chi connectivity index (χ3v) is 3.38. The van der Waals surface area contributed by atoms with E-state index in [0.717, 1.165) is 25.6 Å². The number of nitrogens with zero attached hydrogens (tertiary/aromatic N) is 1. The summed E-state index contributed by atoms with van der Waals surface area (Å²) < 4.78 is 5.35. The summed E-state index contributed by atoms with van der Waals surface area (Å²) in [5.41, 5.74) is 5.14. The Morgan fingerprint density at radius 3 is 2.88 bits per heavy atom. The zero-order valence-electron chi connectivity index (χ0n) is 9.70. The Morgan fingerprint density at radius 1 is 1.31 bits per heavy atom. The predicted molar refractivity (Wildman–Crippen MR) is 64.4 cm³/mol. The molecule has 1 aliphatic heterocycles. The number of hydrogen-bond acceptors (Lipinski definition) is 2. The van der Waals surface area contributed by atoms with Crippen LogP contribution >= 0.6 is 0 Å². The average molecular weight is 215 g/mol. The van der Waals surface area contributed by atoms with Crippen molar-refractivity contribution in [3.05, 3.63) is 35.2 Å². The second kappa shape index (κ2) is 4.02. The van der Waals surface area contributed by atoms with Crippen LogP contribution in [0.4, 0.5) is 0 Å². The van der Waals surface area contributed by atoms with Crippen molar-refractivity contribution in [2.24, 2.45) is 0 Å². The molecule has 0 N–H and O–H groups in total. The molecular weight excluding hydrogens is 198 g/mol. The van der Waals surface area contributed by atoms with E-state index in [2.05, 4.69) is 25.1 Å². The van der Waals surface area contributed by atoms with E-state index in [1.165, 1.54) is 35.4 Å². The zero-order chi connectivity index (χ0) is 11.0. The van der Waals surface area contributed by atoms with Crippen LogP contribution in [0.5, 0.6) is 0 Å². The third-order valence-electron chi connectivity index (χ3n) is 3.38. The van der Waals surface area contributed by atoms with Crippen LogP contribution < -0.4 is 0 Å². The third kappa shape index (κ3) is 1.90. The molecule has 2 nitrogen and oxygen atoms in total. The molecule has 0 radical (unpaired) electrons. The molecule has 0 saturated heterocycles. The van der Waals surface area contributed by atoms with Gasteiger partial charge >= 0.3 is 0 Å². The minimum absolute atomic E-state index is 0.736. The van der Waals surface area contributed by atoms with Crippen LogP contribution in [0.15, 0.2) is 18.2 Å². The Labute approximate surface area is 96.3 Å². The molecule has 16 heavy (non-hydrogen) atoms. The molecule has 0 aromatic carbocycles. The maximum absolute atomic E-state index is 5.35. The zero-order valence-corrected chi connectivity index (χ0v) is 9.70. The maximum Gasteiger partial charge on any atom is 0.0692 e. The Hall–Kier alpha value is -1.15. The fourth-order valence-electron chi connectivity index (χ4n) is 2.22. The standard InChI is InChI=1S/C14H17NO/c1-10-2-5-13(11-3-4-11)15-14(10)12-6-8-16-9-7-12/h2,5-6,11H,3-4,7-9H2,1H3. The quantitative estimate of drug-likeness (QED) is 0.756. The van der Waals surface area contributed by atoms with Crippen molar-refractivity contribution in [2.75, 3.05) is 13.2 Å². The van der Waals surface area contributed by atoms with Crippen molar-refractivity contribution in [3.63, 3.8) is 0 Å². The summed E-state index contributed by atoms with van der Waals surface area (Å²) >= 11 is 0. The van der Waals surface area contributed by atoms with E-state index in [1.807, 2.05) is 0 Å². The Balaban J connectivity index is 1.97. The van der Waals surface area contributed by atoms with Crippen molar-refractivity contribution in [1.82, 2.24) is 4.98 Å². The molecule has 1 aromatic rings. The van der Waals surface area contributed by atoms with E-state index in [9.17, 15) is 0 Å². The number of hydrogen-bond donors (Lipinski definition) is 0. The smallest absolute Gasteiger partial charge is 0.0692 e. The van der Waals surface area contributed by atoms with Crippen LogP contribution in [0, 0.1) is 6.92 Å². The van der Waals surface area contributed by atoms with Gasteiger partial charge in [0.2, 0.25) is 0 Å². The van der Waals surface area contributed by atoms with E-state index in [4.69, 9.17) is 9.72 Å². The van der Waals surface area contributed by atoms with Gasteiger partial charge in [0.15, 0.2) is 0 Å². The fourth-order valence-corrected chi connectivity index (χ4v) is 2.22. The molecule has 0 bridgehead atoms. The van der Waals surface area contributed by atoms with Gasteiger partial charge in [-0.25, -0.2) is 0 Å². The van der Waals surface area contributed by atoms with Gasteiger partial charge in [-0.15, -0.1) is 0 Å². The van der Waals surface area contributed by atoms with Gasteiger partial charge in [-0.05, 0) is 43.4 Å². The summed E-state index contributed by atoms with van der Waals surface area (Å²) in [7, 11) is 0. The summed E-state index contributed by atoms with van der Waals surface area (Å²) in [6.07, 6.45) is 5.81. The molecule has 3 rings (SSSR count). The fraction of sp³-hybridized carbons (Fsp3) is 0.500. The first kappa shape index (κ1) is 10.0. The highest BCUT2D eigenvalue weighted by molar-refractivity contribution is 5.66. The highest BCUT2D eigenvalue weighted by Gasteiger charge is 2.25. The molecule has 0 spiro atoms. The van der Waals surface area contributed by atoms with Crippen LogP contribution in [0.25, 0.3) is 5.57 Å². The summed E-state index contributed by atoms with van der Waals surface area (Å²) in [6.45, 7) is 3.72. The number of aryl methyl sites for hydroxylation is 1. The molecule has 1 aromatic heterocycles. The Kier molecular flexibility index (Phi) is 2.52. The number of aromatic nitrogens is 1. The minimum atomic E-state index is 0.736. The van der Waals surface area contributed by atoms with Crippen molar-refractivity contribution in [3.8, 4) is 0 Å². The first-order valence-electron chi connectivity index (χ1n) is 6.09. The SMILES string of the molecule is Cc1ccc(C2CC2)nc1C1=CCOCC1. The lowest BCUT2D eigenvalue weighted by atomic mass is 10.0. The lowest BCUT2D eigenvalue weighted by Gasteiger charge is -2.15. The molecule has 1 saturated carbocycles. The van der Waals surface area contributed by atoms with Crippen LogP contribution in [0.1, 0.15) is 42.1 Å². The van der Waals surface area contributed by atoms with Crippen LogP contribution in [-0.2, 0) is 4.74 Å². The van der Waals surface area contributed by atoms with E-state index in [-0.39, 0.29) is 0 Å². The van der Waals surface area contributed by atoms with Gasteiger partial charge in [-0.1, -0.05) is 12.1 Å². The lowest BCUT2D eigenvalue weighted by molar-refractivity contribution is 0.161. The predicted octanol–water partition coefficient (Wildman–Crippen LogP) is 3.07. The van der Waals surface area contributed by atoms with Crippen molar-refractivity contribution in [1.29, 1.82) is 0 Å². The Morgan fingerprint density at radius 2 is 2.19 bits per heavy atom. The highest BCUT2D eigenvalue weighted by Crippen LogP contribution is 2.39. The second-order valence-corrected chi connectivity index (χ2v) is 4.73. The highest BCUT2D eigenvalue weighted by atomic mass is 16.5. The van der Waals surface area contributed by atoms with E-state index < -0.39 is 0 Å². The molecule has 2 heteroatoms. The second-order valence-electron chi connectivity index (χ2n) is 4.73. The summed E-state index contributed by atoms with van der Waals surface area (Å²) in [4.78, 5) is 4.83. The number of ether oxygens (including phenoxy) is 1. The van der Waals surface area contributed by atoms with E-state index in [0.29, 0.717) is 0 Å². The summed E-state index contributed by atoms with van der Waals surface area (Å²) in [5, 5.41) is 0. The molecule has 2 aliphatic rings. The van der Waals surface area contributed by atoms with Gasteiger partial charge in [0, 0.05) is 11.6 Å². The van der Waals surface area contributed by atoms with Crippen LogP contribution in [0.3, 0.4) is 0 Å². The first-order chi connectivity index (χ1) is 7.84. The minimum Gasteiger partial charge on any atom is -0.377 e. The molecule has 1 aliphatic carbocycles. The first-order valence-corrected chi connectivity index (χ1v) is 6.09. The van der Waals surface area contributed by atoms with Gasteiger partial charge in [-0.2, -0.15) is 0 Å². The van der Waals surface area contributed by atoms with E-state index >= 15 is 0 Å². The Bertz CT molecular complexity index is 432. The summed E-state index contributed by atoms with van der Waals surface area (Å²) in [6, 6.07) is 4.41. The van der Waals surface area contributed by atoms with E-state index in [1.54, 1.807) is 0 Å². The number of pyridine rings is 1. The van der Waals surface area contributed by atoms with Gasteiger partial charge < -0.3 is 4.74 Å². The normalized spacial score (nSPS) is 20.7. The van der Waals surface area contributed by atoms with Gasteiger partial charge in [0.25, 0.3) is 0 Å².